The molecule has 0 spiro atoms. The van der Waals surface area contributed by atoms with Crippen molar-refractivity contribution in [2.75, 3.05) is 20.1 Å². The van der Waals surface area contributed by atoms with E-state index in [-0.39, 0.29) is 0 Å². The Labute approximate surface area is 102 Å². The van der Waals surface area contributed by atoms with Crippen LogP contribution in [0.1, 0.15) is 41.5 Å². The highest BCUT2D eigenvalue weighted by Gasteiger charge is 2.43. The van der Waals surface area contributed by atoms with Gasteiger partial charge in [-0.1, -0.05) is 20.8 Å². The lowest BCUT2D eigenvalue weighted by Gasteiger charge is -2.56. The minimum absolute atomic E-state index is 0.684. The molecule has 2 nitrogen and oxygen atoms in total. The molecular weight excluding hydrogens is 196 g/mol. The molecule has 0 saturated carbocycles. The average Bonchev–Trinajstić information content (AvgIpc) is 2.14. The Bertz CT molecular complexity index is 213. The molecule has 0 aromatic heterocycles. The minimum Gasteiger partial charge on any atom is -0.305 e. The van der Waals surface area contributed by atoms with Crippen LogP contribution in [0.4, 0.5) is 0 Å². The van der Waals surface area contributed by atoms with Crippen LogP contribution in [-0.4, -0.2) is 48.1 Å². The lowest BCUT2D eigenvalue weighted by Crippen LogP contribution is -2.66. The number of likely N-dealkylation sites (N-methyl/N-ethyl adjacent to an activating group) is 1. The van der Waals surface area contributed by atoms with Gasteiger partial charge in [0.2, 0.25) is 0 Å². The second-order valence-corrected chi connectivity index (χ2v) is 6.32. The summed E-state index contributed by atoms with van der Waals surface area (Å²) in [4.78, 5) is 5.16. The first-order valence-corrected chi connectivity index (χ1v) is 6.80. The summed E-state index contributed by atoms with van der Waals surface area (Å²) in [6.07, 6.45) is 0. The van der Waals surface area contributed by atoms with E-state index in [2.05, 4.69) is 58.4 Å². The highest BCUT2D eigenvalue weighted by Crippen LogP contribution is 2.34. The molecule has 1 aliphatic rings. The van der Waals surface area contributed by atoms with Gasteiger partial charge >= 0.3 is 0 Å². The van der Waals surface area contributed by atoms with Gasteiger partial charge in [-0.25, -0.2) is 0 Å². The first-order valence-electron chi connectivity index (χ1n) is 6.80. The van der Waals surface area contributed by atoms with Crippen LogP contribution in [0.5, 0.6) is 0 Å². The van der Waals surface area contributed by atoms with Gasteiger partial charge < -0.3 is 4.90 Å². The van der Waals surface area contributed by atoms with Crippen molar-refractivity contribution in [2.45, 2.75) is 59.7 Å². The van der Waals surface area contributed by atoms with Crippen LogP contribution in [-0.2, 0) is 0 Å². The van der Waals surface area contributed by atoms with Crippen LogP contribution in [0.25, 0.3) is 0 Å². The number of hydrogen-bond donors (Lipinski definition) is 0. The third kappa shape index (κ3) is 2.98. The summed E-state index contributed by atoms with van der Waals surface area (Å²) >= 11 is 0. The van der Waals surface area contributed by atoms with Crippen LogP contribution < -0.4 is 0 Å². The molecule has 1 heterocycles. The van der Waals surface area contributed by atoms with E-state index in [4.69, 9.17) is 0 Å². The Morgan fingerprint density at radius 1 is 1.12 bits per heavy atom. The zero-order chi connectivity index (χ0) is 12.5. The number of rotatable bonds is 5. The van der Waals surface area contributed by atoms with Crippen LogP contribution in [0.2, 0.25) is 0 Å². The summed E-state index contributed by atoms with van der Waals surface area (Å²) in [5, 5.41) is 0. The fourth-order valence-corrected chi connectivity index (χ4v) is 3.20. The average molecular weight is 226 g/mol. The zero-order valence-electron chi connectivity index (χ0n) is 12.2. The lowest BCUT2D eigenvalue weighted by atomic mass is 9.80. The second-order valence-electron chi connectivity index (χ2n) is 6.32. The van der Waals surface area contributed by atoms with E-state index >= 15 is 0 Å². The molecule has 0 radical (unpaired) electrons. The Balaban J connectivity index is 2.46. The van der Waals surface area contributed by atoms with Crippen LogP contribution >= 0.6 is 0 Å². The molecule has 0 aromatic carbocycles. The zero-order valence-corrected chi connectivity index (χ0v) is 12.2. The van der Waals surface area contributed by atoms with E-state index < -0.39 is 0 Å². The smallest absolute Gasteiger partial charge is 0.0269 e. The molecule has 16 heavy (non-hydrogen) atoms. The highest BCUT2D eigenvalue weighted by molar-refractivity contribution is 4.98. The molecule has 1 aliphatic heterocycles. The van der Waals surface area contributed by atoms with E-state index in [1.165, 1.54) is 13.1 Å². The normalized spacial score (nSPS) is 31.5. The molecule has 0 bridgehead atoms. The molecule has 1 rings (SSSR count). The van der Waals surface area contributed by atoms with Crippen molar-refractivity contribution in [1.29, 1.82) is 0 Å². The molecule has 96 valence electrons. The Morgan fingerprint density at radius 2 is 1.69 bits per heavy atom. The molecule has 3 unspecified atom stereocenters. The van der Waals surface area contributed by atoms with Crippen molar-refractivity contribution in [2.24, 2.45) is 11.8 Å². The molecule has 1 saturated heterocycles. The second kappa shape index (κ2) is 5.50. The molecule has 3 atom stereocenters. The van der Waals surface area contributed by atoms with Gasteiger partial charge in [-0.2, -0.15) is 0 Å². The maximum absolute atomic E-state index is 2.67. The van der Waals surface area contributed by atoms with Gasteiger partial charge in [0, 0.05) is 31.2 Å². The molecule has 2 heteroatoms. The molecule has 0 N–H and O–H groups in total. The van der Waals surface area contributed by atoms with Gasteiger partial charge in [0.15, 0.2) is 0 Å². The predicted molar refractivity (Wildman–Crippen MR) is 71.7 cm³/mol. The summed E-state index contributed by atoms with van der Waals surface area (Å²) in [7, 11) is 2.26. The fraction of sp³-hybridized carbons (Fsp3) is 1.00. The standard InChI is InChI=1S/C14H30N2/c1-10(2)8-15(7)9-14-12(5)13(6)16(14)11(3)4/h10-14H,8-9H2,1-7H3. The number of hydrogen-bond acceptors (Lipinski definition) is 2. The van der Waals surface area contributed by atoms with Crippen molar-refractivity contribution in [1.82, 2.24) is 9.80 Å². The maximum Gasteiger partial charge on any atom is 0.0269 e. The molecule has 0 aromatic rings. The van der Waals surface area contributed by atoms with Crippen LogP contribution in [0, 0.1) is 11.8 Å². The topological polar surface area (TPSA) is 6.48 Å². The summed E-state index contributed by atoms with van der Waals surface area (Å²) in [5.41, 5.74) is 0. The monoisotopic (exact) mass is 226 g/mol. The van der Waals surface area contributed by atoms with Crippen LogP contribution in [0.3, 0.4) is 0 Å². The summed E-state index contributed by atoms with van der Waals surface area (Å²) < 4.78 is 0. The van der Waals surface area contributed by atoms with E-state index in [1.807, 2.05) is 0 Å². The van der Waals surface area contributed by atoms with E-state index in [0.29, 0.717) is 6.04 Å². The van der Waals surface area contributed by atoms with Gasteiger partial charge in [0.05, 0.1) is 0 Å². The fourth-order valence-electron chi connectivity index (χ4n) is 3.20. The number of likely N-dealkylation sites (tertiary alicyclic amines) is 1. The van der Waals surface area contributed by atoms with Gasteiger partial charge in [0.25, 0.3) is 0 Å². The summed E-state index contributed by atoms with van der Waals surface area (Å²) in [6, 6.07) is 2.21. The van der Waals surface area contributed by atoms with Gasteiger partial charge in [-0.05, 0) is 39.7 Å². The predicted octanol–water partition coefficient (Wildman–Crippen LogP) is 2.69. The lowest BCUT2D eigenvalue weighted by molar-refractivity contribution is -0.0732. The van der Waals surface area contributed by atoms with Crippen molar-refractivity contribution in [3.05, 3.63) is 0 Å². The largest absolute Gasteiger partial charge is 0.305 e. The molecular formula is C14H30N2. The SMILES string of the molecule is CC(C)CN(C)CC1C(C)C(C)N1C(C)C. The first kappa shape index (κ1) is 14.0. The van der Waals surface area contributed by atoms with Crippen molar-refractivity contribution < 1.29 is 0 Å². The van der Waals surface area contributed by atoms with Gasteiger partial charge in [-0.15, -0.1) is 0 Å². The molecule has 0 aliphatic carbocycles. The Hall–Kier alpha value is -0.0800. The Kier molecular flexibility index (Phi) is 4.81. The molecule has 1 fully saturated rings. The Morgan fingerprint density at radius 3 is 2.12 bits per heavy atom. The van der Waals surface area contributed by atoms with Gasteiger partial charge in [-0.3, -0.25) is 4.90 Å². The summed E-state index contributed by atoms with van der Waals surface area (Å²) in [6.45, 7) is 16.4. The van der Waals surface area contributed by atoms with Gasteiger partial charge in [0.1, 0.15) is 0 Å². The molecule has 0 amide bonds. The minimum atomic E-state index is 0.684. The highest BCUT2D eigenvalue weighted by atomic mass is 15.3. The third-order valence-corrected chi connectivity index (χ3v) is 3.99. The number of nitrogens with zero attached hydrogens (tertiary/aromatic N) is 2. The van der Waals surface area contributed by atoms with Crippen molar-refractivity contribution >= 4 is 0 Å². The van der Waals surface area contributed by atoms with E-state index in [9.17, 15) is 0 Å². The van der Waals surface area contributed by atoms with Crippen molar-refractivity contribution in [3.63, 3.8) is 0 Å². The van der Waals surface area contributed by atoms with E-state index in [0.717, 1.165) is 23.9 Å². The maximum atomic E-state index is 2.67. The third-order valence-electron chi connectivity index (χ3n) is 3.99. The summed E-state index contributed by atoms with van der Waals surface area (Å²) in [5.74, 6) is 1.61. The quantitative estimate of drug-likeness (QED) is 0.711. The van der Waals surface area contributed by atoms with E-state index in [1.54, 1.807) is 0 Å². The van der Waals surface area contributed by atoms with Crippen molar-refractivity contribution in [3.8, 4) is 0 Å². The van der Waals surface area contributed by atoms with Crippen LogP contribution in [0.15, 0.2) is 0 Å². The first-order chi connectivity index (χ1) is 7.34.